The minimum absolute atomic E-state index is 0.0417. The highest BCUT2D eigenvalue weighted by atomic mass is 35.5. The maximum Gasteiger partial charge on any atom is 0.291 e. The predicted molar refractivity (Wildman–Crippen MR) is 213 cm³/mol. The zero-order valence-corrected chi connectivity index (χ0v) is 31.5. The fraction of sp³-hybridized carbons (Fsp3) is 0.238. The molecular weight excluding hydrogens is 735 g/mol. The zero-order chi connectivity index (χ0) is 39.3. The molecule has 2 aliphatic rings. The number of nitrogens with zero attached hydrogens (tertiary/aromatic N) is 6. The van der Waals surface area contributed by atoms with Crippen LogP contribution in [0.1, 0.15) is 60.2 Å². The Labute approximate surface area is 326 Å². The van der Waals surface area contributed by atoms with Crippen molar-refractivity contribution in [3.05, 3.63) is 140 Å². The maximum absolute atomic E-state index is 14.2. The van der Waals surface area contributed by atoms with Gasteiger partial charge in [0.1, 0.15) is 28.6 Å². The van der Waals surface area contributed by atoms with Crippen molar-refractivity contribution in [1.29, 1.82) is 0 Å². The van der Waals surface area contributed by atoms with Crippen molar-refractivity contribution in [1.82, 2.24) is 29.5 Å². The van der Waals surface area contributed by atoms with Crippen LogP contribution in [0, 0.1) is 17.7 Å². The van der Waals surface area contributed by atoms with Gasteiger partial charge in [-0.15, -0.1) is 0 Å². The van der Waals surface area contributed by atoms with E-state index in [0.29, 0.717) is 52.6 Å². The Morgan fingerprint density at radius 1 is 0.661 bits per heavy atom. The highest BCUT2D eigenvalue weighted by molar-refractivity contribution is 6.33. The number of aromatic nitrogens is 6. The van der Waals surface area contributed by atoms with E-state index in [1.54, 1.807) is 79.4 Å². The highest BCUT2D eigenvalue weighted by Crippen LogP contribution is 2.34. The summed E-state index contributed by atoms with van der Waals surface area (Å²) in [5.41, 5.74) is 2.82. The van der Waals surface area contributed by atoms with Crippen molar-refractivity contribution in [3.63, 3.8) is 0 Å². The Balaban J connectivity index is 0.000000172. The Kier molecular flexibility index (Phi) is 11.2. The summed E-state index contributed by atoms with van der Waals surface area (Å²) in [7, 11) is 0. The van der Waals surface area contributed by atoms with Crippen LogP contribution in [0.2, 0.25) is 5.02 Å². The summed E-state index contributed by atoms with van der Waals surface area (Å²) in [4.78, 5) is 59.4. The van der Waals surface area contributed by atoms with E-state index < -0.39 is 11.4 Å². The summed E-state index contributed by atoms with van der Waals surface area (Å²) in [5, 5.41) is 15.4. The molecule has 8 rings (SSSR count). The molecule has 2 fully saturated rings. The third-order valence-corrected chi connectivity index (χ3v) is 9.78. The van der Waals surface area contributed by atoms with Gasteiger partial charge in [-0.3, -0.25) is 29.1 Å². The van der Waals surface area contributed by atoms with E-state index in [2.05, 4.69) is 30.8 Å². The standard InChI is InChI=1S/C21H19ClN4O2.C21H19FN4O2/c2*1-13(27)18-19(15-8-10-23-11-9-15)25-26(12-14-6-7-14)21(28)20(18)24-17-5-3-2-4-16(17)22/h2*2-5,8-11,14,24H,6-7,12H2,1H3. The van der Waals surface area contributed by atoms with Crippen LogP contribution in [0.25, 0.3) is 22.5 Å². The number of para-hydroxylation sites is 2. The number of carbonyl (C=O) groups excluding carboxylic acids is 2. The zero-order valence-electron chi connectivity index (χ0n) is 30.7. The number of rotatable bonds is 12. The summed E-state index contributed by atoms with van der Waals surface area (Å²) in [6, 6.07) is 20.2. The predicted octanol–water partition coefficient (Wildman–Crippen LogP) is 8.12. The third-order valence-electron chi connectivity index (χ3n) is 9.45. The lowest BCUT2D eigenvalue weighted by Gasteiger charge is -2.17. The van der Waals surface area contributed by atoms with Crippen LogP contribution in [0.15, 0.2) is 107 Å². The molecule has 6 aromatic rings. The largest absolute Gasteiger partial charge is 0.349 e. The van der Waals surface area contributed by atoms with E-state index >= 15 is 0 Å². The van der Waals surface area contributed by atoms with Gasteiger partial charge in [-0.2, -0.15) is 10.2 Å². The van der Waals surface area contributed by atoms with Crippen LogP contribution in [0.4, 0.5) is 27.1 Å². The van der Waals surface area contributed by atoms with Gasteiger partial charge in [-0.25, -0.2) is 13.8 Å². The van der Waals surface area contributed by atoms with Gasteiger partial charge >= 0.3 is 0 Å². The van der Waals surface area contributed by atoms with Gasteiger partial charge in [0.2, 0.25) is 0 Å². The summed E-state index contributed by atoms with van der Waals surface area (Å²) in [5.74, 6) is -0.224. The highest BCUT2D eigenvalue weighted by Gasteiger charge is 2.29. The van der Waals surface area contributed by atoms with Crippen LogP contribution in [-0.4, -0.2) is 41.1 Å². The Hall–Kier alpha value is -6.34. The molecule has 14 heteroatoms. The molecule has 56 heavy (non-hydrogen) atoms. The molecule has 2 aliphatic carbocycles. The van der Waals surface area contributed by atoms with Crippen molar-refractivity contribution >= 4 is 45.9 Å². The van der Waals surface area contributed by atoms with Crippen molar-refractivity contribution in [2.75, 3.05) is 10.6 Å². The average molecular weight is 773 g/mol. The fourth-order valence-electron chi connectivity index (χ4n) is 6.21. The monoisotopic (exact) mass is 772 g/mol. The smallest absolute Gasteiger partial charge is 0.291 e. The fourth-order valence-corrected chi connectivity index (χ4v) is 6.40. The van der Waals surface area contributed by atoms with E-state index in [4.69, 9.17) is 11.6 Å². The molecule has 0 bridgehead atoms. The lowest BCUT2D eigenvalue weighted by molar-refractivity contribution is 0.101. The maximum atomic E-state index is 14.2. The van der Waals surface area contributed by atoms with Gasteiger partial charge in [0.25, 0.3) is 11.1 Å². The Morgan fingerprint density at radius 2 is 1.07 bits per heavy atom. The molecule has 0 atom stereocenters. The van der Waals surface area contributed by atoms with E-state index in [9.17, 15) is 23.6 Å². The first kappa shape index (κ1) is 38.0. The summed E-state index contributed by atoms with van der Waals surface area (Å²) in [6.07, 6.45) is 10.7. The lowest BCUT2D eigenvalue weighted by Crippen LogP contribution is -2.29. The van der Waals surface area contributed by atoms with Gasteiger partial charge in [-0.05, 0) is 99.9 Å². The Morgan fingerprint density at radius 3 is 1.48 bits per heavy atom. The number of pyridine rings is 2. The summed E-state index contributed by atoms with van der Waals surface area (Å²) >= 11 is 6.27. The third kappa shape index (κ3) is 8.63. The molecule has 4 heterocycles. The first-order valence-electron chi connectivity index (χ1n) is 18.2. The SMILES string of the molecule is CC(=O)c1c(-c2ccncc2)nn(CC2CC2)c(=O)c1Nc1ccccc1Cl.CC(=O)c1c(-c2ccncc2)nn(CC2CC2)c(=O)c1Nc1ccccc1F. The number of Topliss-reactive ketones (excluding diaryl/α,β-unsaturated/α-hetero) is 2. The molecule has 2 aromatic carbocycles. The molecule has 0 spiro atoms. The number of hydrogen-bond acceptors (Lipinski definition) is 10. The first-order chi connectivity index (χ1) is 27.1. The topological polar surface area (TPSA) is 154 Å². The quantitative estimate of drug-likeness (QED) is 0.117. The number of halogens is 2. The number of carbonyl (C=O) groups is 2. The Bertz CT molecular complexity index is 2360. The van der Waals surface area contributed by atoms with Gasteiger partial charge in [0.15, 0.2) is 11.6 Å². The number of benzene rings is 2. The van der Waals surface area contributed by atoms with Crippen LogP contribution < -0.4 is 21.8 Å². The van der Waals surface area contributed by atoms with E-state index in [1.807, 2.05) is 6.07 Å². The summed E-state index contributed by atoms with van der Waals surface area (Å²) < 4.78 is 17.0. The molecule has 0 unspecified atom stereocenters. The van der Waals surface area contributed by atoms with Gasteiger partial charge in [0.05, 0.1) is 27.5 Å². The molecule has 2 saturated carbocycles. The molecule has 284 valence electrons. The van der Waals surface area contributed by atoms with E-state index in [1.165, 1.54) is 35.3 Å². The second-order valence-corrected chi connectivity index (χ2v) is 14.3. The van der Waals surface area contributed by atoms with E-state index in [-0.39, 0.29) is 45.3 Å². The first-order valence-corrected chi connectivity index (χ1v) is 18.6. The van der Waals surface area contributed by atoms with E-state index in [0.717, 1.165) is 31.2 Å². The molecule has 0 aliphatic heterocycles. The molecule has 0 radical (unpaired) electrons. The molecule has 0 amide bonds. The number of hydrogen-bond donors (Lipinski definition) is 2. The van der Waals surface area contributed by atoms with Crippen molar-refractivity contribution in [2.45, 2.75) is 52.6 Å². The van der Waals surface area contributed by atoms with Crippen molar-refractivity contribution in [2.24, 2.45) is 11.8 Å². The minimum Gasteiger partial charge on any atom is -0.349 e. The second-order valence-electron chi connectivity index (χ2n) is 13.9. The van der Waals surface area contributed by atoms with Crippen LogP contribution in [0.5, 0.6) is 0 Å². The minimum atomic E-state index is -0.507. The average Bonchev–Trinajstić information content (AvgIpc) is 4.15. The van der Waals surface area contributed by atoms with Crippen LogP contribution >= 0.6 is 11.6 Å². The normalized spacial score (nSPS) is 13.4. The van der Waals surface area contributed by atoms with Gasteiger partial charge in [-0.1, -0.05) is 35.9 Å². The molecular formula is C42H38ClFN8O4. The molecule has 0 saturated heterocycles. The molecule has 4 aromatic heterocycles. The van der Waals surface area contributed by atoms with Crippen molar-refractivity contribution < 1.29 is 14.0 Å². The van der Waals surface area contributed by atoms with Gasteiger partial charge < -0.3 is 10.6 Å². The molecule has 2 N–H and O–H groups in total. The molecule has 12 nitrogen and oxygen atoms in total. The van der Waals surface area contributed by atoms with Crippen LogP contribution in [0.3, 0.4) is 0 Å². The van der Waals surface area contributed by atoms with Crippen LogP contribution in [-0.2, 0) is 13.1 Å². The lowest BCUT2D eigenvalue weighted by atomic mass is 10.0. The van der Waals surface area contributed by atoms with Crippen molar-refractivity contribution in [3.8, 4) is 22.5 Å². The second kappa shape index (κ2) is 16.6. The number of ketones is 2. The number of anilines is 4. The number of nitrogens with one attached hydrogen (secondary N) is 2. The summed E-state index contributed by atoms with van der Waals surface area (Å²) in [6.45, 7) is 3.82. The van der Waals surface area contributed by atoms with Gasteiger partial charge in [0, 0.05) is 49.0 Å².